The first-order valence-corrected chi connectivity index (χ1v) is 11.2. The van der Waals surface area contributed by atoms with Crippen LogP contribution in [0.1, 0.15) is 37.5 Å². The van der Waals surface area contributed by atoms with Crippen molar-refractivity contribution in [2.75, 3.05) is 57.3 Å². The Hall–Kier alpha value is -1.81. The molecule has 0 bridgehead atoms. The second-order valence-corrected chi connectivity index (χ2v) is 9.57. The molecule has 3 N–H and O–H groups in total. The molecule has 31 heavy (non-hydrogen) atoms. The second-order valence-electron chi connectivity index (χ2n) is 9.57. The zero-order valence-electron chi connectivity index (χ0n) is 19.6. The first-order chi connectivity index (χ1) is 14.6. The third kappa shape index (κ3) is 5.91. The van der Waals surface area contributed by atoms with Crippen molar-refractivity contribution in [3.63, 3.8) is 0 Å². The van der Waals surface area contributed by atoms with E-state index < -0.39 is 12.7 Å². The van der Waals surface area contributed by atoms with Crippen LogP contribution in [0.5, 0.6) is 0 Å². The summed E-state index contributed by atoms with van der Waals surface area (Å²) < 4.78 is 5.50. The summed E-state index contributed by atoms with van der Waals surface area (Å²) in [6.45, 7) is 16.7. The van der Waals surface area contributed by atoms with Gasteiger partial charge in [0.05, 0.1) is 0 Å². The predicted octanol–water partition coefficient (Wildman–Crippen LogP) is 0.446. The molecule has 1 aromatic carbocycles. The fourth-order valence-electron chi connectivity index (χ4n) is 4.42. The zero-order chi connectivity index (χ0) is 22.8. The number of nitrogens with one attached hydrogen (secondary N) is 1. The van der Waals surface area contributed by atoms with Crippen LogP contribution in [0, 0.1) is 13.8 Å². The Balaban J connectivity index is 1.79. The number of benzene rings is 1. The Kier molecular flexibility index (Phi) is 7.52. The van der Waals surface area contributed by atoms with Crippen LogP contribution in [0.4, 0.5) is 10.5 Å². The largest absolute Gasteiger partial charge is 0.489 e. The lowest BCUT2D eigenvalue weighted by Crippen LogP contribution is -2.50. The molecule has 2 aliphatic heterocycles. The molecule has 0 spiro atoms. The average Bonchev–Trinajstić information content (AvgIpc) is 2.69. The first-order valence-electron chi connectivity index (χ1n) is 11.2. The number of ether oxygens (including phenoxy) is 1. The number of amides is 1. The molecule has 1 aromatic rings. The molecule has 172 valence electrons. The summed E-state index contributed by atoms with van der Waals surface area (Å²) in [5.74, 6) is 0. The van der Waals surface area contributed by atoms with Crippen molar-refractivity contribution in [1.29, 1.82) is 0 Å². The van der Waals surface area contributed by atoms with Crippen LogP contribution in [-0.4, -0.2) is 91.0 Å². The minimum absolute atomic E-state index is 0.279. The first kappa shape index (κ1) is 23.8. The summed E-state index contributed by atoms with van der Waals surface area (Å²) >= 11 is 0. The van der Waals surface area contributed by atoms with Crippen molar-refractivity contribution in [3.05, 3.63) is 22.8 Å². The van der Waals surface area contributed by atoms with Crippen molar-refractivity contribution < 1.29 is 19.6 Å². The number of carbonyl (C=O) groups is 1. The minimum Gasteiger partial charge on any atom is -0.444 e. The van der Waals surface area contributed by atoms with Crippen LogP contribution in [0.25, 0.3) is 0 Å². The molecule has 0 unspecified atom stereocenters. The number of carbonyl (C=O) groups excluding carboxylic acids is 1. The maximum Gasteiger partial charge on any atom is 0.489 e. The van der Waals surface area contributed by atoms with Gasteiger partial charge in [0, 0.05) is 64.6 Å². The number of nitrogens with zero attached hydrogens (tertiary/aromatic N) is 3. The van der Waals surface area contributed by atoms with Gasteiger partial charge in [0.15, 0.2) is 0 Å². The van der Waals surface area contributed by atoms with E-state index in [0.717, 1.165) is 55.1 Å². The van der Waals surface area contributed by atoms with E-state index in [1.54, 1.807) is 4.90 Å². The van der Waals surface area contributed by atoms with Crippen LogP contribution < -0.4 is 15.7 Å². The van der Waals surface area contributed by atoms with Crippen LogP contribution in [0.2, 0.25) is 0 Å². The van der Waals surface area contributed by atoms with E-state index in [4.69, 9.17) is 4.74 Å². The maximum absolute atomic E-state index is 12.4. The highest BCUT2D eigenvalue weighted by atomic mass is 16.6. The van der Waals surface area contributed by atoms with Gasteiger partial charge in [0.25, 0.3) is 0 Å². The molecular weight excluding hydrogens is 395 g/mol. The SMILES string of the molecule is Cc1c(CN2CCNCC2)cc(N2CCN(C(=O)OC(C)(C)C)CC2)c(C)c1B(O)O. The summed E-state index contributed by atoms with van der Waals surface area (Å²) in [4.78, 5) is 18.8. The number of anilines is 1. The van der Waals surface area contributed by atoms with Crippen LogP contribution in [0.15, 0.2) is 6.07 Å². The lowest BCUT2D eigenvalue weighted by atomic mass is 9.72. The molecule has 0 aromatic heterocycles. The summed E-state index contributed by atoms with van der Waals surface area (Å²) in [7, 11) is -1.51. The second kappa shape index (κ2) is 9.77. The van der Waals surface area contributed by atoms with E-state index >= 15 is 0 Å². The van der Waals surface area contributed by atoms with Gasteiger partial charge in [-0.1, -0.05) is 0 Å². The van der Waals surface area contributed by atoms with Gasteiger partial charge in [0.2, 0.25) is 0 Å². The van der Waals surface area contributed by atoms with Gasteiger partial charge in [0.1, 0.15) is 5.60 Å². The fraction of sp³-hybridized carbons (Fsp3) is 0.682. The molecule has 0 atom stereocenters. The predicted molar refractivity (Wildman–Crippen MR) is 124 cm³/mol. The summed E-state index contributed by atoms with van der Waals surface area (Å²) in [5, 5.41) is 23.6. The number of hydrogen-bond acceptors (Lipinski definition) is 7. The molecule has 1 amide bonds. The van der Waals surface area contributed by atoms with Gasteiger partial charge < -0.3 is 29.9 Å². The van der Waals surface area contributed by atoms with Crippen molar-refractivity contribution in [2.45, 2.75) is 46.8 Å². The van der Waals surface area contributed by atoms with Crippen molar-refractivity contribution in [1.82, 2.24) is 15.1 Å². The summed E-state index contributed by atoms with van der Waals surface area (Å²) in [6.07, 6.45) is -0.279. The fourth-order valence-corrected chi connectivity index (χ4v) is 4.42. The lowest BCUT2D eigenvalue weighted by molar-refractivity contribution is 0.0240. The molecule has 2 fully saturated rings. The van der Waals surface area contributed by atoms with Crippen molar-refractivity contribution >= 4 is 24.4 Å². The highest BCUT2D eigenvalue weighted by molar-refractivity contribution is 6.60. The molecular formula is C22H37BN4O4. The third-order valence-corrected chi connectivity index (χ3v) is 6.12. The molecule has 2 saturated heterocycles. The van der Waals surface area contributed by atoms with E-state index in [0.29, 0.717) is 31.6 Å². The normalized spacial score (nSPS) is 18.3. The number of piperazine rings is 2. The zero-order valence-corrected chi connectivity index (χ0v) is 19.6. The monoisotopic (exact) mass is 432 g/mol. The van der Waals surface area contributed by atoms with Crippen molar-refractivity contribution in [3.8, 4) is 0 Å². The van der Waals surface area contributed by atoms with E-state index in [-0.39, 0.29) is 6.09 Å². The van der Waals surface area contributed by atoms with E-state index in [2.05, 4.69) is 21.2 Å². The van der Waals surface area contributed by atoms with E-state index in [1.165, 1.54) is 0 Å². The van der Waals surface area contributed by atoms with Crippen LogP contribution >= 0.6 is 0 Å². The van der Waals surface area contributed by atoms with E-state index in [1.807, 2.05) is 34.6 Å². The standard InChI is InChI=1S/C22H37BN4O4/c1-16-18(15-25-8-6-24-7-9-25)14-19(17(2)20(16)23(29)30)26-10-12-27(13-11-26)21(28)31-22(3,4)5/h14,24,29-30H,6-13,15H2,1-5H3. The third-order valence-electron chi connectivity index (χ3n) is 6.12. The van der Waals surface area contributed by atoms with Crippen LogP contribution in [0.3, 0.4) is 0 Å². The molecule has 3 rings (SSSR count). The quantitative estimate of drug-likeness (QED) is 0.596. The maximum atomic E-state index is 12.4. The van der Waals surface area contributed by atoms with Crippen molar-refractivity contribution in [2.24, 2.45) is 0 Å². The number of hydrogen-bond donors (Lipinski definition) is 3. The highest BCUT2D eigenvalue weighted by Crippen LogP contribution is 2.26. The van der Waals surface area contributed by atoms with Gasteiger partial charge in [-0.2, -0.15) is 0 Å². The van der Waals surface area contributed by atoms with E-state index in [9.17, 15) is 14.8 Å². The van der Waals surface area contributed by atoms with Crippen LogP contribution in [-0.2, 0) is 11.3 Å². The Labute approximate surface area is 186 Å². The Morgan fingerprint density at radius 2 is 1.68 bits per heavy atom. The highest BCUT2D eigenvalue weighted by Gasteiger charge is 2.29. The molecule has 0 aliphatic carbocycles. The molecule has 0 saturated carbocycles. The van der Waals surface area contributed by atoms with Gasteiger partial charge >= 0.3 is 13.2 Å². The Morgan fingerprint density at radius 1 is 1.06 bits per heavy atom. The Bertz CT molecular complexity index is 783. The molecule has 8 nitrogen and oxygen atoms in total. The Morgan fingerprint density at radius 3 is 2.23 bits per heavy atom. The average molecular weight is 432 g/mol. The van der Waals surface area contributed by atoms with Gasteiger partial charge in [-0.3, -0.25) is 4.90 Å². The van der Waals surface area contributed by atoms with Gasteiger partial charge in [-0.15, -0.1) is 0 Å². The molecule has 0 radical (unpaired) electrons. The molecule has 2 aliphatic rings. The molecule has 2 heterocycles. The minimum atomic E-state index is -1.51. The molecule has 9 heteroatoms. The summed E-state index contributed by atoms with van der Waals surface area (Å²) in [5.41, 5.74) is 4.07. The smallest absolute Gasteiger partial charge is 0.444 e. The lowest BCUT2D eigenvalue weighted by Gasteiger charge is -2.38. The van der Waals surface area contributed by atoms with Gasteiger partial charge in [-0.25, -0.2) is 4.79 Å². The topological polar surface area (TPSA) is 88.5 Å². The summed E-state index contributed by atoms with van der Waals surface area (Å²) in [6, 6.07) is 2.20. The number of rotatable bonds is 4. The van der Waals surface area contributed by atoms with Gasteiger partial charge in [-0.05, 0) is 62.8 Å².